The van der Waals surface area contributed by atoms with E-state index in [0.29, 0.717) is 22.2 Å². The van der Waals surface area contributed by atoms with Crippen molar-refractivity contribution in [2.24, 2.45) is 7.05 Å². The molecule has 0 atom stereocenters. The van der Waals surface area contributed by atoms with Gasteiger partial charge in [0.1, 0.15) is 5.75 Å². The molecule has 0 spiro atoms. The molecule has 0 aliphatic rings. The zero-order chi connectivity index (χ0) is 13.1. The second-order valence-corrected chi connectivity index (χ2v) is 4.08. The summed E-state index contributed by atoms with van der Waals surface area (Å²) in [5, 5.41) is 11.9. The van der Waals surface area contributed by atoms with Crippen LogP contribution in [0.4, 0.5) is 0 Å². The summed E-state index contributed by atoms with van der Waals surface area (Å²) < 4.78 is 5.12. The predicted octanol–water partition coefficient (Wildman–Crippen LogP) is 1.30. The van der Waals surface area contributed by atoms with Crippen LogP contribution in [-0.4, -0.2) is 33.1 Å². The summed E-state index contributed by atoms with van der Waals surface area (Å²) in [4.78, 5) is 13.4. The Balaban J connectivity index is 2.23. The summed E-state index contributed by atoms with van der Waals surface area (Å²) in [6.07, 6.45) is 0.0752. The molecule has 0 N–H and O–H groups in total. The van der Waals surface area contributed by atoms with Crippen molar-refractivity contribution in [2.75, 3.05) is 7.11 Å². The van der Waals surface area contributed by atoms with Crippen LogP contribution in [-0.2, 0) is 13.5 Å². The van der Waals surface area contributed by atoms with Crippen LogP contribution in [0.2, 0.25) is 5.02 Å². The number of aromatic nitrogens is 4. The fourth-order valence-electron chi connectivity index (χ4n) is 1.53. The number of hydrogen-bond acceptors (Lipinski definition) is 5. The first-order valence-electron chi connectivity index (χ1n) is 5.20. The predicted molar refractivity (Wildman–Crippen MR) is 64.8 cm³/mol. The number of benzene rings is 1. The highest BCUT2D eigenvalue weighted by Gasteiger charge is 2.15. The SMILES string of the molecule is COc1cc(Cl)ccc1C(=O)Cc1nnn(C)n1. The molecule has 2 aromatic rings. The molecule has 1 aromatic heterocycles. The highest BCUT2D eigenvalue weighted by atomic mass is 35.5. The molecular weight excluding hydrogens is 256 g/mol. The zero-order valence-electron chi connectivity index (χ0n) is 9.92. The smallest absolute Gasteiger partial charge is 0.182 e. The lowest BCUT2D eigenvalue weighted by atomic mass is 10.1. The molecule has 0 fully saturated rings. The van der Waals surface area contributed by atoms with E-state index in [9.17, 15) is 4.79 Å². The molecule has 1 aromatic carbocycles. The maximum atomic E-state index is 12.1. The Hall–Kier alpha value is -1.95. The molecule has 0 aliphatic carbocycles. The van der Waals surface area contributed by atoms with Gasteiger partial charge in [-0.1, -0.05) is 11.6 Å². The van der Waals surface area contributed by atoms with Crippen LogP contribution in [0.5, 0.6) is 5.75 Å². The van der Waals surface area contributed by atoms with Gasteiger partial charge in [-0.05, 0) is 23.4 Å². The third kappa shape index (κ3) is 2.65. The van der Waals surface area contributed by atoms with Gasteiger partial charge in [-0.15, -0.1) is 10.2 Å². The molecule has 0 unspecified atom stereocenters. The van der Waals surface area contributed by atoms with Crippen molar-refractivity contribution in [3.8, 4) is 5.75 Å². The van der Waals surface area contributed by atoms with E-state index in [-0.39, 0.29) is 12.2 Å². The number of carbonyl (C=O) groups excluding carboxylic acids is 1. The minimum Gasteiger partial charge on any atom is -0.496 e. The van der Waals surface area contributed by atoms with Gasteiger partial charge >= 0.3 is 0 Å². The number of halogens is 1. The fraction of sp³-hybridized carbons (Fsp3) is 0.273. The van der Waals surface area contributed by atoms with Crippen molar-refractivity contribution in [3.63, 3.8) is 0 Å². The van der Waals surface area contributed by atoms with E-state index in [1.165, 1.54) is 11.9 Å². The van der Waals surface area contributed by atoms with E-state index in [0.717, 1.165) is 0 Å². The van der Waals surface area contributed by atoms with Crippen molar-refractivity contribution in [1.29, 1.82) is 0 Å². The van der Waals surface area contributed by atoms with Crippen LogP contribution < -0.4 is 4.74 Å². The molecule has 0 amide bonds. The molecule has 0 radical (unpaired) electrons. The number of ketones is 1. The van der Waals surface area contributed by atoms with Crippen LogP contribution >= 0.6 is 11.6 Å². The number of rotatable bonds is 4. The minimum atomic E-state index is -0.142. The minimum absolute atomic E-state index is 0.0752. The molecular formula is C11H11ClN4O2. The molecule has 0 aliphatic heterocycles. The monoisotopic (exact) mass is 266 g/mol. The van der Waals surface area contributed by atoms with Gasteiger partial charge in [0.25, 0.3) is 0 Å². The normalized spacial score (nSPS) is 10.4. The van der Waals surface area contributed by atoms with Gasteiger partial charge in [0, 0.05) is 5.02 Å². The third-order valence-electron chi connectivity index (χ3n) is 2.33. The summed E-state index contributed by atoms with van der Waals surface area (Å²) in [5.41, 5.74) is 0.453. The van der Waals surface area contributed by atoms with Gasteiger partial charge in [-0.2, -0.15) is 4.80 Å². The van der Waals surface area contributed by atoms with Crippen LogP contribution in [0.15, 0.2) is 18.2 Å². The number of tetrazole rings is 1. The Morgan fingerprint density at radius 2 is 2.28 bits per heavy atom. The Morgan fingerprint density at radius 1 is 1.50 bits per heavy atom. The standard InChI is InChI=1S/C11H11ClN4O2/c1-16-14-11(13-15-16)6-9(17)8-4-3-7(12)5-10(8)18-2/h3-5H,6H2,1-2H3. The highest BCUT2D eigenvalue weighted by Crippen LogP contribution is 2.24. The van der Waals surface area contributed by atoms with E-state index < -0.39 is 0 Å². The van der Waals surface area contributed by atoms with E-state index in [1.807, 2.05) is 0 Å². The number of hydrogen-bond donors (Lipinski definition) is 0. The largest absolute Gasteiger partial charge is 0.496 e. The van der Waals surface area contributed by atoms with E-state index in [1.54, 1.807) is 25.2 Å². The molecule has 0 saturated carbocycles. The van der Waals surface area contributed by atoms with Crippen LogP contribution in [0.25, 0.3) is 0 Å². The second kappa shape index (κ2) is 5.14. The van der Waals surface area contributed by atoms with Gasteiger partial charge in [-0.3, -0.25) is 4.79 Å². The summed E-state index contributed by atoms with van der Waals surface area (Å²) in [6, 6.07) is 4.86. The first-order valence-corrected chi connectivity index (χ1v) is 5.57. The number of ether oxygens (including phenoxy) is 1. The van der Waals surface area contributed by atoms with E-state index in [4.69, 9.17) is 16.3 Å². The maximum absolute atomic E-state index is 12.1. The summed E-state index contributed by atoms with van der Waals surface area (Å²) in [6.45, 7) is 0. The Bertz CT molecular complexity index is 582. The molecule has 7 heteroatoms. The van der Waals surface area contributed by atoms with Gasteiger partial charge in [0.2, 0.25) is 0 Å². The van der Waals surface area contributed by atoms with Crippen molar-refractivity contribution in [1.82, 2.24) is 20.2 Å². The van der Waals surface area contributed by atoms with Crippen LogP contribution in [0.1, 0.15) is 16.2 Å². The van der Waals surface area contributed by atoms with Crippen LogP contribution in [0, 0.1) is 0 Å². The average molecular weight is 267 g/mol. The number of carbonyl (C=O) groups is 1. The fourth-order valence-corrected chi connectivity index (χ4v) is 1.69. The lowest BCUT2D eigenvalue weighted by Gasteiger charge is -2.06. The molecule has 0 bridgehead atoms. The quantitative estimate of drug-likeness (QED) is 0.780. The summed E-state index contributed by atoms with van der Waals surface area (Å²) in [5.74, 6) is 0.674. The van der Waals surface area contributed by atoms with Crippen molar-refractivity contribution in [2.45, 2.75) is 6.42 Å². The first kappa shape index (κ1) is 12.5. The maximum Gasteiger partial charge on any atom is 0.182 e. The van der Waals surface area contributed by atoms with E-state index in [2.05, 4.69) is 15.4 Å². The molecule has 94 valence electrons. The first-order chi connectivity index (χ1) is 8.60. The Morgan fingerprint density at radius 3 is 2.89 bits per heavy atom. The van der Waals surface area contributed by atoms with Crippen molar-refractivity contribution < 1.29 is 9.53 Å². The number of methoxy groups -OCH3 is 1. The lowest BCUT2D eigenvalue weighted by Crippen LogP contribution is -2.07. The number of Topliss-reactive ketones (excluding diaryl/α,β-unsaturated/α-hetero) is 1. The van der Waals surface area contributed by atoms with Gasteiger partial charge in [0.15, 0.2) is 11.6 Å². The van der Waals surface area contributed by atoms with Gasteiger partial charge in [0.05, 0.1) is 26.1 Å². The molecule has 2 rings (SSSR count). The topological polar surface area (TPSA) is 69.9 Å². The summed E-state index contributed by atoms with van der Waals surface area (Å²) >= 11 is 5.83. The Kier molecular flexibility index (Phi) is 3.57. The van der Waals surface area contributed by atoms with Crippen molar-refractivity contribution in [3.05, 3.63) is 34.6 Å². The lowest BCUT2D eigenvalue weighted by molar-refractivity contribution is 0.0988. The van der Waals surface area contributed by atoms with Crippen molar-refractivity contribution >= 4 is 17.4 Å². The van der Waals surface area contributed by atoms with Gasteiger partial charge in [-0.25, -0.2) is 0 Å². The molecule has 1 heterocycles. The molecule has 6 nitrogen and oxygen atoms in total. The number of aryl methyl sites for hydroxylation is 1. The molecule has 0 saturated heterocycles. The molecule has 18 heavy (non-hydrogen) atoms. The Labute approximate surface area is 109 Å². The zero-order valence-corrected chi connectivity index (χ0v) is 10.7. The third-order valence-corrected chi connectivity index (χ3v) is 2.57. The average Bonchev–Trinajstić information content (AvgIpc) is 2.74. The number of nitrogens with zero attached hydrogens (tertiary/aromatic N) is 4. The summed E-state index contributed by atoms with van der Waals surface area (Å²) in [7, 11) is 3.13. The second-order valence-electron chi connectivity index (χ2n) is 3.64. The van der Waals surface area contributed by atoms with Gasteiger partial charge < -0.3 is 4.74 Å². The van der Waals surface area contributed by atoms with E-state index >= 15 is 0 Å². The highest BCUT2D eigenvalue weighted by molar-refractivity contribution is 6.30. The van der Waals surface area contributed by atoms with Crippen LogP contribution in [0.3, 0.4) is 0 Å².